The minimum absolute atomic E-state index is 0.0392. The zero-order valence-electron chi connectivity index (χ0n) is 14.0. The van der Waals surface area contributed by atoms with Gasteiger partial charge in [-0.15, -0.1) is 0 Å². The van der Waals surface area contributed by atoms with E-state index in [1.54, 1.807) is 7.11 Å². The number of ether oxygens (including phenoxy) is 1. The lowest BCUT2D eigenvalue weighted by Crippen LogP contribution is -2.46. The van der Waals surface area contributed by atoms with E-state index < -0.39 is 0 Å². The van der Waals surface area contributed by atoms with Gasteiger partial charge in [-0.1, -0.05) is 32.4 Å². The molecule has 6 nitrogen and oxygen atoms in total. The molecule has 128 valence electrons. The van der Waals surface area contributed by atoms with Crippen LogP contribution in [0.4, 0.5) is 0 Å². The third kappa shape index (κ3) is 4.22. The molecule has 2 rings (SSSR count). The second-order valence-electron chi connectivity index (χ2n) is 6.07. The lowest BCUT2D eigenvalue weighted by atomic mass is 9.92. The zero-order chi connectivity index (χ0) is 16.8. The van der Waals surface area contributed by atoms with E-state index in [0.717, 1.165) is 17.7 Å². The number of rotatable bonds is 7. The van der Waals surface area contributed by atoms with Crippen LogP contribution >= 0.6 is 0 Å². The minimum atomic E-state index is -0.221. The molecule has 0 spiro atoms. The van der Waals surface area contributed by atoms with Crippen LogP contribution in [0.25, 0.3) is 0 Å². The number of carbonyl (C=O) groups is 1. The van der Waals surface area contributed by atoms with Crippen molar-refractivity contribution >= 4 is 5.91 Å². The van der Waals surface area contributed by atoms with Crippen molar-refractivity contribution in [1.29, 1.82) is 0 Å². The van der Waals surface area contributed by atoms with Gasteiger partial charge >= 0.3 is 0 Å². The van der Waals surface area contributed by atoms with Crippen LogP contribution in [-0.4, -0.2) is 37.3 Å². The molecule has 1 aromatic carbocycles. The van der Waals surface area contributed by atoms with Gasteiger partial charge in [0.25, 0.3) is 0 Å². The second-order valence-corrected chi connectivity index (χ2v) is 6.07. The lowest BCUT2D eigenvalue weighted by molar-refractivity contribution is -0.126. The zero-order valence-corrected chi connectivity index (χ0v) is 14.0. The van der Waals surface area contributed by atoms with Gasteiger partial charge in [0.05, 0.1) is 31.7 Å². The fraction of sp³-hybridized carbons (Fsp3) is 0.588. The smallest absolute Gasteiger partial charge is 0.226 e. The molecule has 1 saturated heterocycles. The second kappa shape index (κ2) is 8.29. The van der Waals surface area contributed by atoms with Crippen molar-refractivity contribution in [3.63, 3.8) is 0 Å². The van der Waals surface area contributed by atoms with E-state index in [2.05, 4.69) is 23.1 Å². The largest absolute Gasteiger partial charge is 0.497 e. The molecule has 6 heteroatoms. The number of carbonyl (C=O) groups excluding carboxylic acids is 1. The maximum Gasteiger partial charge on any atom is 0.226 e. The van der Waals surface area contributed by atoms with Gasteiger partial charge in [0, 0.05) is 6.54 Å². The Morgan fingerprint density at radius 1 is 1.43 bits per heavy atom. The predicted octanol–water partition coefficient (Wildman–Crippen LogP) is 0.984. The number of methoxy groups -OCH3 is 1. The van der Waals surface area contributed by atoms with E-state index in [-0.39, 0.29) is 36.4 Å². The van der Waals surface area contributed by atoms with Crippen molar-refractivity contribution in [1.82, 2.24) is 16.2 Å². The summed E-state index contributed by atoms with van der Waals surface area (Å²) < 4.78 is 5.17. The number of hydrazine groups is 1. The molecule has 1 aromatic rings. The molecule has 0 radical (unpaired) electrons. The highest BCUT2D eigenvalue weighted by atomic mass is 16.5. The molecule has 0 aliphatic carbocycles. The summed E-state index contributed by atoms with van der Waals surface area (Å²) in [7, 11) is 1.63. The summed E-state index contributed by atoms with van der Waals surface area (Å²) in [6.07, 6.45) is 0.911. The molecule has 1 aliphatic rings. The standard InChI is InChI=1S/C17H27N3O3/c1-4-11(2)15(10-21)19-17(22)14-9-18-20-16(14)12-5-7-13(23-3)8-6-12/h5-8,11,14-16,18,20-21H,4,9-10H2,1-3H3,(H,19,22)/t11-,14?,15-,16?/m0/s1. The highest BCUT2D eigenvalue weighted by molar-refractivity contribution is 5.80. The fourth-order valence-electron chi connectivity index (χ4n) is 2.81. The van der Waals surface area contributed by atoms with Crippen molar-refractivity contribution in [2.45, 2.75) is 32.4 Å². The highest BCUT2D eigenvalue weighted by Gasteiger charge is 2.35. The maximum absolute atomic E-state index is 12.6. The van der Waals surface area contributed by atoms with Crippen LogP contribution in [0.2, 0.25) is 0 Å². The third-order valence-corrected chi connectivity index (χ3v) is 4.65. The first-order chi connectivity index (χ1) is 11.1. The summed E-state index contributed by atoms with van der Waals surface area (Å²) in [4.78, 5) is 12.6. The van der Waals surface area contributed by atoms with E-state index in [9.17, 15) is 9.90 Å². The maximum atomic E-state index is 12.6. The van der Waals surface area contributed by atoms with Crippen molar-refractivity contribution < 1.29 is 14.6 Å². The summed E-state index contributed by atoms with van der Waals surface area (Å²) in [5.74, 6) is 0.771. The van der Waals surface area contributed by atoms with Crippen molar-refractivity contribution in [2.75, 3.05) is 20.3 Å². The van der Waals surface area contributed by atoms with Gasteiger partial charge in [0.2, 0.25) is 5.91 Å². The number of aliphatic hydroxyl groups is 1. The number of aliphatic hydroxyl groups excluding tert-OH is 1. The highest BCUT2D eigenvalue weighted by Crippen LogP contribution is 2.27. The number of benzene rings is 1. The Kier molecular flexibility index (Phi) is 6.38. The van der Waals surface area contributed by atoms with Crippen LogP contribution in [0.1, 0.15) is 31.9 Å². The molecule has 4 N–H and O–H groups in total. The number of hydrogen-bond acceptors (Lipinski definition) is 5. The molecule has 4 atom stereocenters. The van der Waals surface area contributed by atoms with E-state index in [0.29, 0.717) is 6.54 Å². The third-order valence-electron chi connectivity index (χ3n) is 4.65. The van der Waals surface area contributed by atoms with Gasteiger partial charge < -0.3 is 15.2 Å². The Hall–Kier alpha value is -1.63. The molecule has 0 saturated carbocycles. The van der Waals surface area contributed by atoms with Crippen LogP contribution in [-0.2, 0) is 4.79 Å². The van der Waals surface area contributed by atoms with Crippen LogP contribution < -0.4 is 20.9 Å². The van der Waals surface area contributed by atoms with Gasteiger partial charge in [-0.3, -0.25) is 10.2 Å². The van der Waals surface area contributed by atoms with Crippen LogP contribution in [0.3, 0.4) is 0 Å². The molecule has 0 bridgehead atoms. The molecule has 23 heavy (non-hydrogen) atoms. The van der Waals surface area contributed by atoms with Gasteiger partial charge in [-0.25, -0.2) is 5.43 Å². The first-order valence-electron chi connectivity index (χ1n) is 8.14. The molecule has 1 amide bonds. The van der Waals surface area contributed by atoms with Gasteiger partial charge in [0.1, 0.15) is 5.75 Å². The van der Waals surface area contributed by atoms with E-state index in [1.807, 2.05) is 31.2 Å². The minimum Gasteiger partial charge on any atom is -0.497 e. The Bertz CT molecular complexity index is 506. The average Bonchev–Trinajstić information content (AvgIpc) is 3.08. The number of hydrogen-bond donors (Lipinski definition) is 4. The summed E-state index contributed by atoms with van der Waals surface area (Å²) in [5.41, 5.74) is 7.25. The summed E-state index contributed by atoms with van der Waals surface area (Å²) in [5, 5.41) is 12.5. The van der Waals surface area contributed by atoms with E-state index in [4.69, 9.17) is 4.74 Å². The SMILES string of the molecule is CC[C@H](C)[C@H](CO)NC(=O)C1CNNC1c1ccc(OC)cc1. The van der Waals surface area contributed by atoms with Gasteiger partial charge in [0.15, 0.2) is 0 Å². The number of nitrogens with one attached hydrogen (secondary N) is 3. The normalized spacial score (nSPS) is 23.3. The van der Waals surface area contributed by atoms with Gasteiger partial charge in [-0.05, 0) is 23.6 Å². The Balaban J connectivity index is 2.06. The van der Waals surface area contributed by atoms with Crippen molar-refractivity contribution in [2.24, 2.45) is 11.8 Å². The topological polar surface area (TPSA) is 82.6 Å². The van der Waals surface area contributed by atoms with E-state index in [1.165, 1.54) is 0 Å². The molecule has 1 fully saturated rings. The number of amides is 1. The van der Waals surface area contributed by atoms with Gasteiger partial charge in [-0.2, -0.15) is 0 Å². The van der Waals surface area contributed by atoms with Crippen molar-refractivity contribution in [3.8, 4) is 5.75 Å². The van der Waals surface area contributed by atoms with Crippen molar-refractivity contribution in [3.05, 3.63) is 29.8 Å². The molecule has 2 unspecified atom stereocenters. The lowest BCUT2D eigenvalue weighted by Gasteiger charge is -2.25. The summed E-state index contributed by atoms with van der Waals surface area (Å²) >= 11 is 0. The van der Waals surface area contributed by atoms with E-state index >= 15 is 0 Å². The average molecular weight is 321 g/mol. The Morgan fingerprint density at radius 2 is 2.13 bits per heavy atom. The quantitative estimate of drug-likeness (QED) is 0.602. The molecular formula is C17H27N3O3. The van der Waals surface area contributed by atoms with Crippen LogP contribution in [0, 0.1) is 11.8 Å². The molecular weight excluding hydrogens is 294 g/mol. The monoisotopic (exact) mass is 321 g/mol. The van der Waals surface area contributed by atoms with Crippen LogP contribution in [0.15, 0.2) is 24.3 Å². The fourth-order valence-corrected chi connectivity index (χ4v) is 2.81. The Labute approximate surface area is 137 Å². The predicted molar refractivity (Wildman–Crippen MR) is 88.8 cm³/mol. The Morgan fingerprint density at radius 3 is 2.70 bits per heavy atom. The molecule has 1 aliphatic heterocycles. The molecule has 1 heterocycles. The first kappa shape index (κ1) is 17.7. The van der Waals surface area contributed by atoms with Crippen LogP contribution in [0.5, 0.6) is 5.75 Å². The first-order valence-corrected chi connectivity index (χ1v) is 8.14. The molecule has 0 aromatic heterocycles. The summed E-state index contributed by atoms with van der Waals surface area (Å²) in [6, 6.07) is 7.39. The summed E-state index contributed by atoms with van der Waals surface area (Å²) in [6.45, 7) is 4.61.